The van der Waals surface area contributed by atoms with Crippen LogP contribution >= 0.6 is 15.9 Å². The Morgan fingerprint density at radius 2 is 2.11 bits per heavy atom. The molecule has 0 atom stereocenters. The van der Waals surface area contributed by atoms with E-state index in [1.807, 2.05) is 12.1 Å². The van der Waals surface area contributed by atoms with Gasteiger partial charge in [-0.15, -0.1) is 0 Å². The first-order chi connectivity index (χ1) is 8.58. The molecule has 1 heterocycles. The first kappa shape index (κ1) is 12.6. The number of carbonyl (C=O) groups is 1. The van der Waals surface area contributed by atoms with Gasteiger partial charge in [-0.05, 0) is 40.2 Å². The van der Waals surface area contributed by atoms with Gasteiger partial charge in [-0.3, -0.25) is 9.78 Å². The summed E-state index contributed by atoms with van der Waals surface area (Å²) in [4.78, 5) is 17.8. The summed E-state index contributed by atoms with van der Waals surface area (Å²) in [6.45, 7) is 0. The van der Waals surface area contributed by atoms with E-state index in [0.29, 0.717) is 11.3 Å². The largest absolute Gasteiger partial charge is 0.399 e. The maximum absolute atomic E-state index is 12.2. The molecule has 2 aromatic rings. The molecule has 0 aliphatic carbocycles. The summed E-state index contributed by atoms with van der Waals surface area (Å²) in [5.41, 5.74) is 7.60. The van der Waals surface area contributed by atoms with Gasteiger partial charge in [0.1, 0.15) is 0 Å². The molecule has 92 valence electrons. The maximum Gasteiger partial charge on any atom is 0.259 e. The quantitative estimate of drug-likeness (QED) is 0.868. The Kier molecular flexibility index (Phi) is 3.62. The molecule has 5 heteroatoms. The number of hydrogen-bond donors (Lipinski definition) is 1. The molecule has 0 spiro atoms. The highest BCUT2D eigenvalue weighted by atomic mass is 79.9. The molecule has 2 rings (SSSR count). The molecule has 2 N–H and O–H groups in total. The van der Waals surface area contributed by atoms with Crippen LogP contribution in [0.2, 0.25) is 0 Å². The van der Waals surface area contributed by atoms with Crippen LogP contribution in [0, 0.1) is 0 Å². The van der Waals surface area contributed by atoms with E-state index in [0.717, 1.165) is 10.2 Å². The molecule has 0 bridgehead atoms. The smallest absolute Gasteiger partial charge is 0.259 e. The number of nitrogens with zero attached hydrogens (tertiary/aromatic N) is 2. The number of nitrogen functional groups attached to an aromatic ring is 1. The van der Waals surface area contributed by atoms with Crippen LogP contribution in [0.3, 0.4) is 0 Å². The molecule has 1 amide bonds. The molecule has 0 saturated carbocycles. The van der Waals surface area contributed by atoms with Crippen molar-refractivity contribution >= 4 is 33.2 Å². The Morgan fingerprint density at radius 1 is 1.33 bits per heavy atom. The van der Waals surface area contributed by atoms with Crippen molar-refractivity contribution in [3.05, 3.63) is 52.8 Å². The Labute approximate surface area is 114 Å². The van der Waals surface area contributed by atoms with Crippen molar-refractivity contribution in [3.63, 3.8) is 0 Å². The van der Waals surface area contributed by atoms with Gasteiger partial charge in [0, 0.05) is 35.3 Å². The van der Waals surface area contributed by atoms with Gasteiger partial charge in [-0.1, -0.05) is 6.07 Å². The van der Waals surface area contributed by atoms with Crippen molar-refractivity contribution < 1.29 is 4.79 Å². The fourth-order valence-corrected chi connectivity index (χ4v) is 1.94. The van der Waals surface area contributed by atoms with Crippen LogP contribution < -0.4 is 10.6 Å². The van der Waals surface area contributed by atoms with Gasteiger partial charge in [0.2, 0.25) is 0 Å². The Balaban J connectivity index is 2.29. The van der Waals surface area contributed by atoms with E-state index >= 15 is 0 Å². The lowest BCUT2D eigenvalue weighted by Gasteiger charge is -2.17. The van der Waals surface area contributed by atoms with Crippen molar-refractivity contribution in [3.8, 4) is 0 Å². The molecule has 0 aliphatic heterocycles. The van der Waals surface area contributed by atoms with Gasteiger partial charge in [-0.2, -0.15) is 0 Å². The number of pyridine rings is 1. The van der Waals surface area contributed by atoms with Gasteiger partial charge in [0.25, 0.3) is 5.91 Å². The molecule has 0 saturated heterocycles. The number of aromatic nitrogens is 1. The Morgan fingerprint density at radius 3 is 2.78 bits per heavy atom. The van der Waals surface area contributed by atoms with E-state index in [4.69, 9.17) is 5.73 Å². The average Bonchev–Trinajstić information content (AvgIpc) is 2.37. The van der Waals surface area contributed by atoms with Crippen molar-refractivity contribution in [1.82, 2.24) is 4.98 Å². The molecule has 0 fully saturated rings. The third-order valence-electron chi connectivity index (χ3n) is 2.51. The van der Waals surface area contributed by atoms with Crippen LogP contribution in [0.5, 0.6) is 0 Å². The number of amides is 1. The second-order valence-electron chi connectivity index (χ2n) is 3.85. The predicted molar refractivity (Wildman–Crippen MR) is 75.5 cm³/mol. The topological polar surface area (TPSA) is 59.2 Å². The van der Waals surface area contributed by atoms with Gasteiger partial charge in [-0.25, -0.2) is 0 Å². The van der Waals surface area contributed by atoms with Crippen molar-refractivity contribution in [2.24, 2.45) is 0 Å². The van der Waals surface area contributed by atoms with E-state index in [2.05, 4.69) is 20.9 Å². The van der Waals surface area contributed by atoms with Gasteiger partial charge < -0.3 is 10.6 Å². The zero-order valence-corrected chi connectivity index (χ0v) is 11.4. The summed E-state index contributed by atoms with van der Waals surface area (Å²) >= 11 is 3.29. The van der Waals surface area contributed by atoms with E-state index in [-0.39, 0.29) is 5.91 Å². The third-order valence-corrected chi connectivity index (χ3v) is 2.95. The number of benzene rings is 1. The SMILES string of the molecule is CN(C(=O)c1cncc(Br)c1)c1cccc(N)c1. The van der Waals surface area contributed by atoms with Gasteiger partial charge >= 0.3 is 0 Å². The van der Waals surface area contributed by atoms with Crippen LogP contribution in [0.15, 0.2) is 47.2 Å². The highest BCUT2D eigenvalue weighted by Crippen LogP contribution is 2.19. The van der Waals surface area contributed by atoms with Crippen LogP contribution in [0.1, 0.15) is 10.4 Å². The lowest BCUT2D eigenvalue weighted by molar-refractivity contribution is 0.0992. The second kappa shape index (κ2) is 5.18. The van der Waals surface area contributed by atoms with Crippen LogP contribution in [-0.4, -0.2) is 17.9 Å². The summed E-state index contributed by atoms with van der Waals surface area (Å²) in [5.74, 6) is -0.130. The predicted octanol–water partition coefficient (Wildman–Crippen LogP) is 2.70. The highest BCUT2D eigenvalue weighted by Gasteiger charge is 2.14. The molecule has 0 unspecified atom stereocenters. The normalized spacial score (nSPS) is 10.1. The molecule has 0 radical (unpaired) electrons. The van der Waals surface area contributed by atoms with Gasteiger partial charge in [0.05, 0.1) is 5.56 Å². The molecule has 0 aliphatic rings. The summed E-state index contributed by atoms with van der Waals surface area (Å²) < 4.78 is 0.773. The third kappa shape index (κ3) is 2.68. The maximum atomic E-state index is 12.2. The zero-order chi connectivity index (χ0) is 13.1. The van der Waals surface area contributed by atoms with E-state index in [1.165, 1.54) is 6.20 Å². The van der Waals surface area contributed by atoms with Gasteiger partial charge in [0.15, 0.2) is 0 Å². The molecule has 1 aromatic heterocycles. The van der Waals surface area contributed by atoms with Crippen molar-refractivity contribution in [1.29, 1.82) is 0 Å². The molecule has 18 heavy (non-hydrogen) atoms. The lowest BCUT2D eigenvalue weighted by Crippen LogP contribution is -2.26. The van der Waals surface area contributed by atoms with Crippen molar-refractivity contribution in [2.45, 2.75) is 0 Å². The number of rotatable bonds is 2. The summed E-state index contributed by atoms with van der Waals surface area (Å²) in [7, 11) is 1.71. The zero-order valence-electron chi connectivity index (χ0n) is 9.80. The standard InChI is InChI=1S/C13H12BrN3O/c1-17(12-4-2-3-11(15)6-12)13(18)9-5-10(14)8-16-7-9/h2-8H,15H2,1H3. The Hall–Kier alpha value is -1.88. The number of hydrogen-bond acceptors (Lipinski definition) is 3. The molecule has 4 nitrogen and oxygen atoms in total. The fraction of sp³-hybridized carbons (Fsp3) is 0.0769. The minimum Gasteiger partial charge on any atom is -0.399 e. The Bertz CT molecular complexity index is 586. The molecular formula is C13H12BrN3O. The summed E-state index contributed by atoms with van der Waals surface area (Å²) in [6, 6.07) is 8.91. The lowest BCUT2D eigenvalue weighted by atomic mass is 10.2. The summed E-state index contributed by atoms with van der Waals surface area (Å²) in [5, 5.41) is 0. The average molecular weight is 306 g/mol. The number of halogens is 1. The van der Waals surface area contributed by atoms with Crippen molar-refractivity contribution in [2.75, 3.05) is 17.7 Å². The monoisotopic (exact) mass is 305 g/mol. The number of nitrogens with two attached hydrogens (primary N) is 1. The second-order valence-corrected chi connectivity index (χ2v) is 4.77. The molecule has 1 aromatic carbocycles. The van der Waals surface area contributed by atoms with E-state index in [1.54, 1.807) is 36.3 Å². The van der Waals surface area contributed by atoms with E-state index < -0.39 is 0 Å². The van der Waals surface area contributed by atoms with E-state index in [9.17, 15) is 4.79 Å². The number of anilines is 2. The summed E-state index contributed by atoms with van der Waals surface area (Å²) in [6.07, 6.45) is 3.17. The minimum absolute atomic E-state index is 0.130. The van der Waals surface area contributed by atoms with Crippen LogP contribution in [-0.2, 0) is 0 Å². The van der Waals surface area contributed by atoms with Crippen LogP contribution in [0.25, 0.3) is 0 Å². The first-order valence-corrected chi connectivity index (χ1v) is 6.11. The minimum atomic E-state index is -0.130. The highest BCUT2D eigenvalue weighted by molar-refractivity contribution is 9.10. The first-order valence-electron chi connectivity index (χ1n) is 5.32. The number of carbonyl (C=O) groups excluding carboxylic acids is 1. The molecular weight excluding hydrogens is 294 g/mol. The van der Waals surface area contributed by atoms with Crippen LogP contribution in [0.4, 0.5) is 11.4 Å². The fourth-order valence-electron chi connectivity index (χ4n) is 1.57.